The summed E-state index contributed by atoms with van der Waals surface area (Å²) in [4.78, 5) is 17.8. The fourth-order valence-electron chi connectivity index (χ4n) is 2.97. The van der Waals surface area contributed by atoms with Crippen molar-refractivity contribution in [3.63, 3.8) is 0 Å². The van der Waals surface area contributed by atoms with Gasteiger partial charge in [-0.1, -0.05) is 6.07 Å². The molecule has 1 aromatic heterocycles. The highest BCUT2D eigenvalue weighted by Gasteiger charge is 2.24. The summed E-state index contributed by atoms with van der Waals surface area (Å²) in [5, 5.41) is 1.02. The molecular formula is C18H24N2O3. The number of rotatable bonds is 5. The summed E-state index contributed by atoms with van der Waals surface area (Å²) >= 11 is 0. The van der Waals surface area contributed by atoms with Gasteiger partial charge < -0.3 is 19.4 Å². The lowest BCUT2D eigenvalue weighted by Gasteiger charge is -2.20. The second kappa shape index (κ2) is 7.15. The van der Waals surface area contributed by atoms with Gasteiger partial charge in [-0.05, 0) is 51.1 Å². The van der Waals surface area contributed by atoms with Crippen LogP contribution in [0.4, 0.5) is 0 Å². The molecule has 1 fully saturated rings. The number of aromatic nitrogens is 1. The summed E-state index contributed by atoms with van der Waals surface area (Å²) in [5.74, 6) is 0.470. The maximum Gasteiger partial charge on any atom is 0.314 e. The molecule has 0 saturated carbocycles. The fourth-order valence-corrected chi connectivity index (χ4v) is 2.97. The number of aromatic amines is 1. The quantitative estimate of drug-likeness (QED) is 0.680. The smallest absolute Gasteiger partial charge is 0.314 e. The monoisotopic (exact) mass is 316 g/mol. The molecule has 1 aliphatic rings. The molecule has 0 bridgehead atoms. The zero-order chi connectivity index (χ0) is 16.2. The van der Waals surface area contributed by atoms with Crippen LogP contribution in [-0.2, 0) is 16.0 Å². The van der Waals surface area contributed by atoms with Gasteiger partial charge in [-0.3, -0.25) is 4.79 Å². The number of fused-ring (bicyclic) bond motifs is 1. The van der Waals surface area contributed by atoms with Crippen LogP contribution in [0.25, 0.3) is 10.9 Å². The first-order chi connectivity index (χ1) is 11.1. The van der Waals surface area contributed by atoms with Crippen LogP contribution in [0.5, 0.6) is 5.75 Å². The first kappa shape index (κ1) is 16.0. The maximum absolute atomic E-state index is 12.4. The van der Waals surface area contributed by atoms with E-state index in [1.54, 1.807) is 0 Å². The minimum Gasteiger partial charge on any atom is -0.426 e. The average molecular weight is 316 g/mol. The Morgan fingerprint density at radius 1 is 1.35 bits per heavy atom. The second-order valence-electron chi connectivity index (χ2n) is 6.35. The Balaban J connectivity index is 1.81. The Kier molecular flexibility index (Phi) is 4.98. The Morgan fingerprint density at radius 3 is 2.87 bits per heavy atom. The number of hydrogen-bond acceptors (Lipinski definition) is 4. The SMILES string of the molecule is CN(C)CCc1c[nH]c2cccc(OC(=O)C3CCOCC3)c12. The van der Waals surface area contributed by atoms with Gasteiger partial charge in [0, 0.05) is 36.9 Å². The molecule has 0 atom stereocenters. The lowest BCUT2D eigenvalue weighted by Crippen LogP contribution is -2.27. The third-order valence-electron chi connectivity index (χ3n) is 4.34. The van der Waals surface area contributed by atoms with E-state index < -0.39 is 0 Å². The van der Waals surface area contributed by atoms with Gasteiger partial charge in [0.25, 0.3) is 0 Å². The van der Waals surface area contributed by atoms with Gasteiger partial charge in [-0.25, -0.2) is 0 Å². The molecule has 0 radical (unpaired) electrons. The molecule has 3 rings (SSSR count). The highest BCUT2D eigenvalue weighted by atomic mass is 16.5. The molecule has 0 amide bonds. The van der Waals surface area contributed by atoms with Gasteiger partial charge >= 0.3 is 5.97 Å². The Hall–Kier alpha value is -1.85. The number of carbonyl (C=O) groups excluding carboxylic acids is 1. The topological polar surface area (TPSA) is 54.6 Å². The maximum atomic E-state index is 12.4. The number of H-pyrrole nitrogens is 1. The average Bonchev–Trinajstić information content (AvgIpc) is 2.98. The van der Waals surface area contributed by atoms with Crippen LogP contribution in [0.3, 0.4) is 0 Å². The lowest BCUT2D eigenvalue weighted by molar-refractivity contribution is -0.141. The van der Waals surface area contributed by atoms with E-state index in [1.807, 2.05) is 24.4 Å². The third kappa shape index (κ3) is 3.74. The number of likely N-dealkylation sites (N-methyl/N-ethyl adjacent to an activating group) is 1. The number of ether oxygens (including phenoxy) is 2. The molecule has 1 N–H and O–H groups in total. The van der Waals surface area contributed by atoms with Crippen molar-refractivity contribution in [3.05, 3.63) is 30.0 Å². The number of carbonyl (C=O) groups is 1. The number of esters is 1. The molecular weight excluding hydrogens is 292 g/mol. The van der Waals surface area contributed by atoms with Crippen molar-refractivity contribution in [2.45, 2.75) is 19.3 Å². The van der Waals surface area contributed by atoms with E-state index in [9.17, 15) is 4.79 Å². The lowest BCUT2D eigenvalue weighted by atomic mass is 10.0. The van der Waals surface area contributed by atoms with Crippen molar-refractivity contribution in [3.8, 4) is 5.75 Å². The molecule has 1 aromatic carbocycles. The third-order valence-corrected chi connectivity index (χ3v) is 4.34. The predicted molar refractivity (Wildman–Crippen MR) is 89.7 cm³/mol. The van der Waals surface area contributed by atoms with Crippen LogP contribution in [-0.4, -0.2) is 49.7 Å². The van der Waals surface area contributed by atoms with Crippen molar-refractivity contribution in [1.29, 1.82) is 0 Å². The predicted octanol–water partition coefficient (Wildman–Crippen LogP) is 2.60. The van der Waals surface area contributed by atoms with Crippen LogP contribution in [0.15, 0.2) is 24.4 Å². The standard InChI is InChI=1S/C18H24N2O3/c1-20(2)9-6-14-12-19-15-4-3-5-16(17(14)15)23-18(21)13-7-10-22-11-8-13/h3-5,12-13,19H,6-11H2,1-2H3. The van der Waals surface area contributed by atoms with Gasteiger partial charge in [0.15, 0.2) is 0 Å². The Labute approximate surface area is 136 Å². The van der Waals surface area contributed by atoms with Gasteiger partial charge in [-0.15, -0.1) is 0 Å². The minimum absolute atomic E-state index is 0.0526. The van der Waals surface area contributed by atoms with Crippen molar-refractivity contribution in [2.24, 2.45) is 5.92 Å². The fraction of sp³-hybridized carbons (Fsp3) is 0.500. The molecule has 0 unspecified atom stereocenters. The first-order valence-corrected chi connectivity index (χ1v) is 8.18. The second-order valence-corrected chi connectivity index (χ2v) is 6.35. The molecule has 0 spiro atoms. The molecule has 23 heavy (non-hydrogen) atoms. The van der Waals surface area contributed by atoms with Gasteiger partial charge in [0.1, 0.15) is 5.75 Å². The highest BCUT2D eigenvalue weighted by Crippen LogP contribution is 2.30. The van der Waals surface area contributed by atoms with E-state index in [1.165, 1.54) is 5.56 Å². The van der Waals surface area contributed by atoms with E-state index in [0.29, 0.717) is 19.0 Å². The zero-order valence-corrected chi connectivity index (χ0v) is 13.8. The number of benzene rings is 1. The summed E-state index contributed by atoms with van der Waals surface area (Å²) in [6.45, 7) is 2.24. The molecule has 2 aromatic rings. The van der Waals surface area contributed by atoms with Crippen LogP contribution >= 0.6 is 0 Å². The van der Waals surface area contributed by atoms with Crippen molar-refractivity contribution in [2.75, 3.05) is 33.9 Å². The summed E-state index contributed by atoms with van der Waals surface area (Å²) in [5.41, 5.74) is 2.19. The van der Waals surface area contributed by atoms with Crippen molar-refractivity contribution >= 4 is 16.9 Å². The largest absolute Gasteiger partial charge is 0.426 e. The zero-order valence-electron chi connectivity index (χ0n) is 13.8. The van der Waals surface area contributed by atoms with E-state index in [4.69, 9.17) is 9.47 Å². The van der Waals surface area contributed by atoms with Crippen molar-refractivity contribution in [1.82, 2.24) is 9.88 Å². The summed E-state index contributed by atoms with van der Waals surface area (Å²) < 4.78 is 11.1. The van der Waals surface area contributed by atoms with E-state index in [0.717, 1.165) is 36.7 Å². The van der Waals surface area contributed by atoms with Crippen molar-refractivity contribution < 1.29 is 14.3 Å². The summed E-state index contributed by atoms with van der Waals surface area (Å²) in [6.07, 6.45) is 4.42. The molecule has 2 heterocycles. The highest BCUT2D eigenvalue weighted by molar-refractivity contribution is 5.91. The van der Waals surface area contributed by atoms with E-state index in [-0.39, 0.29) is 11.9 Å². The molecule has 5 heteroatoms. The summed E-state index contributed by atoms with van der Waals surface area (Å²) in [7, 11) is 4.11. The number of hydrogen-bond donors (Lipinski definition) is 1. The molecule has 1 saturated heterocycles. The van der Waals surface area contributed by atoms with Gasteiger partial charge in [0.2, 0.25) is 0 Å². The normalized spacial score (nSPS) is 16.1. The molecule has 124 valence electrons. The Bertz CT molecular complexity index is 672. The van der Waals surface area contributed by atoms with Gasteiger partial charge in [0.05, 0.1) is 5.92 Å². The number of nitrogens with one attached hydrogen (secondary N) is 1. The van der Waals surface area contributed by atoms with Crippen LogP contribution < -0.4 is 4.74 Å². The minimum atomic E-state index is -0.138. The van der Waals surface area contributed by atoms with Crippen LogP contribution in [0, 0.1) is 5.92 Å². The molecule has 0 aliphatic carbocycles. The van der Waals surface area contributed by atoms with E-state index in [2.05, 4.69) is 24.0 Å². The van der Waals surface area contributed by atoms with Crippen LogP contribution in [0.1, 0.15) is 18.4 Å². The Morgan fingerprint density at radius 2 is 2.13 bits per heavy atom. The summed E-state index contributed by atoms with van der Waals surface area (Å²) in [6, 6.07) is 5.81. The molecule has 5 nitrogen and oxygen atoms in total. The van der Waals surface area contributed by atoms with Gasteiger partial charge in [-0.2, -0.15) is 0 Å². The molecule has 1 aliphatic heterocycles. The van der Waals surface area contributed by atoms with Crippen LogP contribution in [0.2, 0.25) is 0 Å². The first-order valence-electron chi connectivity index (χ1n) is 8.18. The number of nitrogens with zero attached hydrogens (tertiary/aromatic N) is 1. The van der Waals surface area contributed by atoms with E-state index >= 15 is 0 Å².